The van der Waals surface area contributed by atoms with Crippen molar-refractivity contribution < 1.29 is 9.53 Å². The van der Waals surface area contributed by atoms with Crippen LogP contribution >= 0.6 is 0 Å². The Morgan fingerprint density at radius 1 is 1.11 bits per heavy atom. The number of hydrogen-bond donors (Lipinski definition) is 2. The van der Waals surface area contributed by atoms with Crippen LogP contribution in [-0.2, 0) is 4.74 Å². The number of anilines is 1. The van der Waals surface area contributed by atoms with Gasteiger partial charge in [-0.15, -0.1) is 0 Å². The molecule has 0 aliphatic heterocycles. The van der Waals surface area contributed by atoms with E-state index >= 15 is 0 Å². The van der Waals surface area contributed by atoms with Gasteiger partial charge in [0.05, 0.1) is 6.10 Å². The van der Waals surface area contributed by atoms with Crippen LogP contribution < -0.4 is 10.6 Å². The Morgan fingerprint density at radius 3 is 2.16 bits per heavy atom. The smallest absolute Gasteiger partial charge is 0.251 e. The summed E-state index contributed by atoms with van der Waals surface area (Å²) in [6.07, 6.45) is 0.129. The van der Waals surface area contributed by atoms with E-state index in [2.05, 4.69) is 17.6 Å². The standard InChI is InChI=1S/C15H24N2O2/c1-10(2)16-15(18)13-6-8-14(9-7-13)17-11(3)12(4)19-5/h6-12,17H,1-5H3,(H,16,18). The molecule has 19 heavy (non-hydrogen) atoms. The van der Waals surface area contributed by atoms with Crippen molar-refractivity contribution in [2.24, 2.45) is 0 Å². The molecule has 1 rings (SSSR count). The molecule has 0 aliphatic carbocycles. The summed E-state index contributed by atoms with van der Waals surface area (Å²) in [6.45, 7) is 7.97. The monoisotopic (exact) mass is 264 g/mol. The van der Waals surface area contributed by atoms with Crippen LogP contribution in [0.5, 0.6) is 0 Å². The minimum Gasteiger partial charge on any atom is -0.380 e. The minimum absolute atomic E-state index is 0.0418. The number of hydrogen-bond acceptors (Lipinski definition) is 3. The molecule has 0 heterocycles. The summed E-state index contributed by atoms with van der Waals surface area (Å²) in [5.41, 5.74) is 1.66. The zero-order valence-corrected chi connectivity index (χ0v) is 12.4. The maximum atomic E-state index is 11.8. The highest BCUT2D eigenvalue weighted by Gasteiger charge is 2.11. The quantitative estimate of drug-likeness (QED) is 0.830. The second-order valence-electron chi connectivity index (χ2n) is 5.08. The molecule has 0 spiro atoms. The lowest BCUT2D eigenvalue weighted by Gasteiger charge is -2.21. The fourth-order valence-corrected chi connectivity index (χ4v) is 1.65. The Labute approximate surface area is 115 Å². The van der Waals surface area contributed by atoms with Crippen LogP contribution in [0, 0.1) is 0 Å². The summed E-state index contributed by atoms with van der Waals surface area (Å²) >= 11 is 0. The minimum atomic E-state index is -0.0418. The number of carbonyl (C=O) groups excluding carboxylic acids is 1. The lowest BCUT2D eigenvalue weighted by atomic mass is 10.1. The molecule has 1 aromatic carbocycles. The highest BCUT2D eigenvalue weighted by molar-refractivity contribution is 5.94. The maximum Gasteiger partial charge on any atom is 0.251 e. The van der Waals surface area contributed by atoms with E-state index in [1.807, 2.05) is 45.0 Å². The van der Waals surface area contributed by atoms with Crippen molar-refractivity contribution >= 4 is 11.6 Å². The van der Waals surface area contributed by atoms with Gasteiger partial charge in [-0.25, -0.2) is 0 Å². The predicted octanol–water partition coefficient (Wildman–Crippen LogP) is 2.66. The molecule has 2 N–H and O–H groups in total. The molecule has 1 amide bonds. The van der Waals surface area contributed by atoms with E-state index in [4.69, 9.17) is 4.74 Å². The average Bonchev–Trinajstić information content (AvgIpc) is 2.37. The molecule has 0 saturated heterocycles. The average molecular weight is 264 g/mol. The number of rotatable bonds is 6. The summed E-state index contributed by atoms with van der Waals surface area (Å²) in [4.78, 5) is 11.8. The number of amides is 1. The maximum absolute atomic E-state index is 11.8. The van der Waals surface area contributed by atoms with Crippen molar-refractivity contribution in [2.45, 2.75) is 45.9 Å². The molecule has 0 aliphatic rings. The Bertz CT molecular complexity index is 401. The predicted molar refractivity (Wildman–Crippen MR) is 78.6 cm³/mol. The fraction of sp³-hybridized carbons (Fsp3) is 0.533. The molecule has 4 heteroatoms. The summed E-state index contributed by atoms with van der Waals surface area (Å²) in [7, 11) is 1.70. The van der Waals surface area contributed by atoms with Crippen LogP contribution in [-0.4, -0.2) is 31.2 Å². The van der Waals surface area contributed by atoms with Gasteiger partial charge in [-0.1, -0.05) is 0 Å². The molecule has 0 radical (unpaired) electrons. The lowest BCUT2D eigenvalue weighted by molar-refractivity contribution is 0.0943. The number of nitrogens with one attached hydrogen (secondary N) is 2. The Kier molecular flexibility index (Phi) is 5.83. The first-order chi connectivity index (χ1) is 8.93. The highest BCUT2D eigenvalue weighted by Crippen LogP contribution is 2.12. The van der Waals surface area contributed by atoms with E-state index in [-0.39, 0.29) is 24.1 Å². The van der Waals surface area contributed by atoms with E-state index in [9.17, 15) is 4.79 Å². The molecule has 0 saturated carbocycles. The fourth-order valence-electron chi connectivity index (χ4n) is 1.65. The summed E-state index contributed by atoms with van der Waals surface area (Å²) < 4.78 is 5.26. The first-order valence-electron chi connectivity index (χ1n) is 6.64. The highest BCUT2D eigenvalue weighted by atomic mass is 16.5. The van der Waals surface area contributed by atoms with Gasteiger partial charge in [0.15, 0.2) is 0 Å². The number of ether oxygens (including phenoxy) is 1. The molecule has 0 fully saturated rings. The first-order valence-corrected chi connectivity index (χ1v) is 6.64. The van der Waals surface area contributed by atoms with Gasteiger partial charge in [0.25, 0.3) is 5.91 Å². The van der Waals surface area contributed by atoms with Gasteiger partial charge in [0, 0.05) is 30.4 Å². The number of carbonyl (C=O) groups is 1. The Balaban J connectivity index is 2.64. The summed E-state index contributed by atoms with van der Waals surface area (Å²) in [5, 5.41) is 6.21. The van der Waals surface area contributed by atoms with Crippen LogP contribution in [0.2, 0.25) is 0 Å². The van der Waals surface area contributed by atoms with Crippen LogP contribution in [0.3, 0.4) is 0 Å². The third-order valence-corrected chi connectivity index (χ3v) is 3.04. The molecule has 0 bridgehead atoms. The molecule has 106 valence electrons. The Hall–Kier alpha value is -1.55. The van der Waals surface area contributed by atoms with E-state index in [0.29, 0.717) is 5.56 Å². The molecular weight excluding hydrogens is 240 g/mol. The number of benzene rings is 1. The van der Waals surface area contributed by atoms with E-state index in [1.54, 1.807) is 7.11 Å². The Morgan fingerprint density at radius 2 is 1.68 bits per heavy atom. The first kappa shape index (κ1) is 15.5. The normalized spacial score (nSPS) is 14.0. The lowest BCUT2D eigenvalue weighted by Crippen LogP contribution is -2.30. The number of methoxy groups -OCH3 is 1. The van der Waals surface area contributed by atoms with Gasteiger partial charge in [-0.3, -0.25) is 4.79 Å². The van der Waals surface area contributed by atoms with Crippen molar-refractivity contribution in [3.63, 3.8) is 0 Å². The van der Waals surface area contributed by atoms with Crippen molar-refractivity contribution in [3.05, 3.63) is 29.8 Å². The van der Waals surface area contributed by atoms with E-state index in [1.165, 1.54) is 0 Å². The second-order valence-corrected chi connectivity index (χ2v) is 5.08. The van der Waals surface area contributed by atoms with Gasteiger partial charge in [0.1, 0.15) is 0 Å². The van der Waals surface area contributed by atoms with Crippen LogP contribution in [0.25, 0.3) is 0 Å². The van der Waals surface area contributed by atoms with Gasteiger partial charge in [0.2, 0.25) is 0 Å². The van der Waals surface area contributed by atoms with E-state index in [0.717, 1.165) is 5.69 Å². The third kappa shape index (κ3) is 4.91. The van der Waals surface area contributed by atoms with Crippen molar-refractivity contribution in [2.75, 3.05) is 12.4 Å². The zero-order chi connectivity index (χ0) is 14.4. The molecule has 0 aromatic heterocycles. The van der Waals surface area contributed by atoms with Crippen LogP contribution in [0.4, 0.5) is 5.69 Å². The largest absolute Gasteiger partial charge is 0.380 e. The van der Waals surface area contributed by atoms with Crippen molar-refractivity contribution in [3.8, 4) is 0 Å². The molecular formula is C15H24N2O2. The summed E-state index contributed by atoms with van der Waals surface area (Å²) in [6, 6.07) is 7.82. The van der Waals surface area contributed by atoms with Crippen molar-refractivity contribution in [1.29, 1.82) is 0 Å². The van der Waals surface area contributed by atoms with E-state index < -0.39 is 0 Å². The van der Waals surface area contributed by atoms with Crippen molar-refractivity contribution in [1.82, 2.24) is 5.32 Å². The van der Waals surface area contributed by atoms with Crippen LogP contribution in [0.15, 0.2) is 24.3 Å². The van der Waals surface area contributed by atoms with Gasteiger partial charge in [-0.2, -0.15) is 0 Å². The molecule has 2 unspecified atom stereocenters. The molecule has 1 aromatic rings. The summed E-state index contributed by atoms with van der Waals surface area (Å²) in [5.74, 6) is -0.0418. The molecule has 4 nitrogen and oxygen atoms in total. The van der Waals surface area contributed by atoms with Gasteiger partial charge in [-0.05, 0) is 52.0 Å². The zero-order valence-electron chi connectivity index (χ0n) is 12.4. The van der Waals surface area contributed by atoms with Gasteiger partial charge < -0.3 is 15.4 Å². The van der Waals surface area contributed by atoms with Crippen LogP contribution in [0.1, 0.15) is 38.1 Å². The second kappa shape index (κ2) is 7.14. The third-order valence-electron chi connectivity index (χ3n) is 3.04. The SMILES string of the molecule is COC(C)C(C)Nc1ccc(C(=O)NC(C)C)cc1. The topological polar surface area (TPSA) is 50.4 Å². The van der Waals surface area contributed by atoms with Gasteiger partial charge >= 0.3 is 0 Å². The molecule has 2 atom stereocenters.